The van der Waals surface area contributed by atoms with Gasteiger partial charge < -0.3 is 10.1 Å². The van der Waals surface area contributed by atoms with E-state index in [2.05, 4.69) is 5.32 Å². The number of sulfone groups is 1. The zero-order chi connectivity index (χ0) is 20.2. The molecule has 0 unspecified atom stereocenters. The molecule has 28 heavy (non-hydrogen) atoms. The quantitative estimate of drug-likeness (QED) is 0.752. The SMILES string of the molecule is CS(=O)(=O)c1cccc(NC(=O)COC(=O)C2(c3ccccc3)CCCC2)c1. The topological polar surface area (TPSA) is 89.5 Å². The number of amides is 1. The van der Waals surface area contributed by atoms with Gasteiger partial charge in [-0.05, 0) is 36.6 Å². The Morgan fingerprint density at radius 3 is 2.36 bits per heavy atom. The third-order valence-corrected chi connectivity index (χ3v) is 6.16. The van der Waals surface area contributed by atoms with Gasteiger partial charge >= 0.3 is 5.97 Å². The van der Waals surface area contributed by atoms with Crippen molar-refractivity contribution in [3.05, 3.63) is 60.2 Å². The number of benzene rings is 2. The molecule has 6 nitrogen and oxygen atoms in total. The van der Waals surface area contributed by atoms with Crippen molar-refractivity contribution in [1.82, 2.24) is 0 Å². The minimum Gasteiger partial charge on any atom is -0.455 e. The van der Waals surface area contributed by atoms with E-state index < -0.39 is 33.7 Å². The highest BCUT2D eigenvalue weighted by molar-refractivity contribution is 7.90. The zero-order valence-electron chi connectivity index (χ0n) is 15.7. The first-order chi connectivity index (χ1) is 13.3. The van der Waals surface area contributed by atoms with Crippen molar-refractivity contribution in [3.63, 3.8) is 0 Å². The Kier molecular flexibility index (Phi) is 5.84. The van der Waals surface area contributed by atoms with Gasteiger partial charge in [-0.3, -0.25) is 9.59 Å². The minimum atomic E-state index is -3.37. The van der Waals surface area contributed by atoms with Gasteiger partial charge in [-0.2, -0.15) is 0 Å². The highest BCUT2D eigenvalue weighted by atomic mass is 32.2. The Morgan fingerprint density at radius 1 is 1.04 bits per heavy atom. The fourth-order valence-electron chi connectivity index (χ4n) is 3.62. The first-order valence-electron chi connectivity index (χ1n) is 9.14. The summed E-state index contributed by atoms with van der Waals surface area (Å²) in [6, 6.07) is 15.5. The maximum absolute atomic E-state index is 12.8. The number of rotatable bonds is 6. The molecular formula is C21H23NO5S. The number of esters is 1. The molecule has 1 aliphatic rings. The van der Waals surface area contributed by atoms with Crippen molar-refractivity contribution in [2.75, 3.05) is 18.2 Å². The molecule has 2 aromatic carbocycles. The first kappa shape index (κ1) is 20.1. The number of anilines is 1. The lowest BCUT2D eigenvalue weighted by Crippen LogP contribution is -2.36. The number of hydrogen-bond acceptors (Lipinski definition) is 5. The van der Waals surface area contributed by atoms with Gasteiger partial charge in [0.1, 0.15) is 0 Å². The molecule has 148 valence electrons. The van der Waals surface area contributed by atoms with Gasteiger partial charge in [-0.1, -0.05) is 49.2 Å². The maximum Gasteiger partial charge on any atom is 0.317 e. The van der Waals surface area contributed by atoms with Crippen molar-refractivity contribution in [2.45, 2.75) is 36.0 Å². The summed E-state index contributed by atoms with van der Waals surface area (Å²) in [6.07, 6.45) is 4.38. The standard InChI is InChI=1S/C21H23NO5S/c1-28(25,26)18-11-7-10-17(14-18)22-19(23)15-27-20(24)21(12-5-6-13-21)16-8-3-2-4-9-16/h2-4,7-11,14H,5-6,12-13,15H2,1H3,(H,22,23). The largest absolute Gasteiger partial charge is 0.455 e. The third kappa shape index (κ3) is 4.42. The smallest absolute Gasteiger partial charge is 0.317 e. The molecule has 7 heteroatoms. The van der Waals surface area contributed by atoms with E-state index >= 15 is 0 Å². The van der Waals surface area contributed by atoms with Crippen LogP contribution >= 0.6 is 0 Å². The molecule has 0 atom stereocenters. The van der Waals surface area contributed by atoms with Gasteiger partial charge in [0, 0.05) is 11.9 Å². The molecule has 1 N–H and O–H groups in total. The Hall–Kier alpha value is -2.67. The first-order valence-corrected chi connectivity index (χ1v) is 11.0. The fourth-order valence-corrected chi connectivity index (χ4v) is 4.28. The van der Waals surface area contributed by atoms with Gasteiger partial charge in [0.2, 0.25) is 0 Å². The summed E-state index contributed by atoms with van der Waals surface area (Å²) in [5, 5.41) is 2.57. The lowest BCUT2D eigenvalue weighted by molar-refractivity contribution is -0.153. The van der Waals surface area contributed by atoms with Crippen LogP contribution in [0.15, 0.2) is 59.5 Å². The van der Waals surface area contributed by atoms with Crippen LogP contribution in [-0.2, 0) is 29.6 Å². The van der Waals surface area contributed by atoms with E-state index in [0.29, 0.717) is 18.5 Å². The molecule has 0 heterocycles. The Labute approximate surface area is 164 Å². The van der Waals surface area contributed by atoms with Crippen molar-refractivity contribution in [1.29, 1.82) is 0 Å². The molecule has 1 aliphatic carbocycles. The van der Waals surface area contributed by atoms with E-state index in [9.17, 15) is 18.0 Å². The minimum absolute atomic E-state index is 0.108. The van der Waals surface area contributed by atoms with Crippen LogP contribution in [0.25, 0.3) is 0 Å². The second-order valence-corrected chi connectivity index (χ2v) is 9.10. The summed E-state index contributed by atoms with van der Waals surface area (Å²) >= 11 is 0. The molecule has 0 saturated heterocycles. The van der Waals surface area contributed by atoms with Crippen LogP contribution in [0.4, 0.5) is 5.69 Å². The molecule has 1 saturated carbocycles. The van der Waals surface area contributed by atoms with E-state index in [4.69, 9.17) is 4.74 Å². The molecule has 0 bridgehead atoms. The molecule has 0 radical (unpaired) electrons. The van der Waals surface area contributed by atoms with Gasteiger partial charge in [0.05, 0.1) is 10.3 Å². The summed E-state index contributed by atoms with van der Waals surface area (Å²) in [4.78, 5) is 25.1. The van der Waals surface area contributed by atoms with E-state index in [1.165, 1.54) is 12.1 Å². The predicted octanol–water partition coefficient (Wildman–Crippen LogP) is 3.08. The van der Waals surface area contributed by atoms with Gasteiger partial charge in [-0.15, -0.1) is 0 Å². The highest BCUT2D eigenvalue weighted by Crippen LogP contribution is 2.42. The van der Waals surface area contributed by atoms with Crippen LogP contribution in [0.5, 0.6) is 0 Å². The molecule has 1 fully saturated rings. The second-order valence-electron chi connectivity index (χ2n) is 7.08. The number of carbonyl (C=O) groups excluding carboxylic acids is 2. The van der Waals surface area contributed by atoms with E-state index in [-0.39, 0.29) is 4.90 Å². The Bertz CT molecular complexity index is 963. The van der Waals surface area contributed by atoms with Crippen molar-refractivity contribution in [2.24, 2.45) is 0 Å². The van der Waals surface area contributed by atoms with E-state index in [0.717, 1.165) is 24.7 Å². The summed E-state index contributed by atoms with van der Waals surface area (Å²) in [7, 11) is -3.37. The Morgan fingerprint density at radius 2 is 1.71 bits per heavy atom. The molecule has 1 amide bonds. The summed E-state index contributed by atoms with van der Waals surface area (Å²) < 4.78 is 28.6. The Balaban J connectivity index is 1.65. The lowest BCUT2D eigenvalue weighted by atomic mass is 9.79. The van der Waals surface area contributed by atoms with Crippen LogP contribution in [0.2, 0.25) is 0 Å². The van der Waals surface area contributed by atoms with Crippen LogP contribution in [0.1, 0.15) is 31.2 Å². The van der Waals surface area contributed by atoms with E-state index in [1.807, 2.05) is 30.3 Å². The zero-order valence-corrected chi connectivity index (χ0v) is 16.5. The van der Waals surface area contributed by atoms with Gasteiger partial charge in [-0.25, -0.2) is 8.42 Å². The number of carbonyl (C=O) groups is 2. The second kappa shape index (κ2) is 8.14. The van der Waals surface area contributed by atoms with Gasteiger partial charge in [0.25, 0.3) is 5.91 Å². The molecule has 2 aromatic rings. The predicted molar refractivity (Wildman–Crippen MR) is 106 cm³/mol. The summed E-state index contributed by atoms with van der Waals surface area (Å²) in [6.45, 7) is -0.420. The average molecular weight is 401 g/mol. The molecule has 0 aromatic heterocycles. The third-order valence-electron chi connectivity index (χ3n) is 5.05. The molecule has 3 rings (SSSR count). The highest BCUT2D eigenvalue weighted by Gasteiger charge is 2.44. The summed E-state index contributed by atoms with van der Waals surface area (Å²) in [5.41, 5.74) is 0.555. The van der Waals surface area contributed by atoms with Crippen molar-refractivity contribution in [3.8, 4) is 0 Å². The van der Waals surface area contributed by atoms with E-state index in [1.54, 1.807) is 12.1 Å². The number of ether oxygens (including phenoxy) is 1. The average Bonchev–Trinajstić information content (AvgIpc) is 3.17. The molecular weight excluding hydrogens is 378 g/mol. The normalized spacial score (nSPS) is 15.8. The maximum atomic E-state index is 12.8. The number of nitrogens with one attached hydrogen (secondary N) is 1. The molecule has 0 spiro atoms. The van der Waals surface area contributed by atoms with Crippen molar-refractivity contribution >= 4 is 27.4 Å². The van der Waals surface area contributed by atoms with Crippen LogP contribution < -0.4 is 5.32 Å². The number of hydrogen-bond donors (Lipinski definition) is 1. The molecule has 0 aliphatic heterocycles. The van der Waals surface area contributed by atoms with Crippen LogP contribution in [-0.4, -0.2) is 33.2 Å². The monoisotopic (exact) mass is 401 g/mol. The lowest BCUT2D eigenvalue weighted by Gasteiger charge is -2.27. The van der Waals surface area contributed by atoms with Crippen LogP contribution in [0.3, 0.4) is 0 Å². The van der Waals surface area contributed by atoms with Crippen molar-refractivity contribution < 1.29 is 22.7 Å². The van der Waals surface area contributed by atoms with Crippen LogP contribution in [0, 0.1) is 0 Å². The summed E-state index contributed by atoms with van der Waals surface area (Å²) in [5.74, 6) is -0.906. The van der Waals surface area contributed by atoms with Gasteiger partial charge in [0.15, 0.2) is 16.4 Å². The fraction of sp³-hybridized carbons (Fsp3) is 0.333.